The Balaban J connectivity index is 2.29. The molecule has 2 heterocycles. The first-order chi connectivity index (χ1) is 3.38. The zero-order chi connectivity index (χ0) is 4.85. The van der Waals surface area contributed by atoms with E-state index in [1.165, 1.54) is 19.3 Å². The summed E-state index contributed by atoms with van der Waals surface area (Å²) in [5.41, 5.74) is 1.33. The minimum absolute atomic E-state index is 0.667. The van der Waals surface area contributed by atoms with Gasteiger partial charge in [0.1, 0.15) is 0 Å². The van der Waals surface area contributed by atoms with Crippen LogP contribution in [0.3, 0.4) is 0 Å². The first kappa shape index (κ1) is 4.03. The van der Waals surface area contributed by atoms with Crippen molar-refractivity contribution in [3.63, 3.8) is 0 Å². The van der Waals surface area contributed by atoms with Gasteiger partial charge >= 0.3 is 7.80 Å². The maximum atomic E-state index is 10.8. The van der Waals surface area contributed by atoms with Gasteiger partial charge in [-0.1, -0.05) is 4.57 Å². The zero-order valence-corrected chi connectivity index (χ0v) is 5.03. The summed E-state index contributed by atoms with van der Waals surface area (Å²) in [4.78, 5) is 0. The smallest absolute Gasteiger partial charge is 0.0742 e. The Morgan fingerprint density at radius 2 is 1.86 bits per heavy atom. The lowest BCUT2D eigenvalue weighted by molar-refractivity contribution is 0.558. The van der Waals surface area contributed by atoms with Crippen LogP contribution >= 0.6 is 7.80 Å². The normalized spacial score (nSPS) is 51.7. The minimum atomic E-state index is -0.679. The molecule has 1 nitrogen and oxygen atoms in total. The summed E-state index contributed by atoms with van der Waals surface area (Å²) in [7, 11) is -0.679. The molecular formula is C5H8OP+. The Bertz CT molecular complexity index is 105. The van der Waals surface area contributed by atoms with E-state index in [2.05, 4.69) is 0 Å². The van der Waals surface area contributed by atoms with Gasteiger partial charge in [0.05, 0.1) is 0 Å². The highest BCUT2D eigenvalue weighted by molar-refractivity contribution is 7.48. The molecule has 2 aliphatic heterocycles. The van der Waals surface area contributed by atoms with Crippen LogP contribution in [0.4, 0.5) is 0 Å². The molecule has 2 heteroatoms. The highest BCUT2D eigenvalue weighted by atomic mass is 31.1. The predicted molar refractivity (Wildman–Crippen MR) is 29.0 cm³/mol. The molecule has 0 amide bonds. The fourth-order valence-electron chi connectivity index (χ4n) is 1.56. The lowest BCUT2D eigenvalue weighted by Gasteiger charge is -2.05. The van der Waals surface area contributed by atoms with Crippen LogP contribution in [0.2, 0.25) is 0 Å². The maximum absolute atomic E-state index is 10.8. The van der Waals surface area contributed by atoms with E-state index in [1.807, 2.05) is 0 Å². The first-order valence-electron chi connectivity index (χ1n) is 2.83. The Hall–Kier alpha value is 0.100. The Kier molecular flexibility index (Phi) is 0.623. The summed E-state index contributed by atoms with van der Waals surface area (Å²) in [5.74, 6) is 0. The Labute approximate surface area is 43.9 Å². The van der Waals surface area contributed by atoms with Crippen molar-refractivity contribution in [2.24, 2.45) is 0 Å². The van der Waals surface area contributed by atoms with Crippen LogP contribution in [0.5, 0.6) is 0 Å². The van der Waals surface area contributed by atoms with Crippen molar-refractivity contribution in [3.8, 4) is 0 Å². The van der Waals surface area contributed by atoms with Crippen LogP contribution in [-0.2, 0) is 4.57 Å². The highest BCUT2D eigenvalue weighted by Gasteiger charge is 2.57. The zero-order valence-electron chi connectivity index (χ0n) is 4.13. The van der Waals surface area contributed by atoms with E-state index in [9.17, 15) is 4.57 Å². The quantitative estimate of drug-likeness (QED) is 0.439. The molecule has 0 aromatic heterocycles. The molecule has 38 valence electrons. The lowest BCUT2D eigenvalue weighted by Crippen LogP contribution is -2.12. The van der Waals surface area contributed by atoms with Crippen molar-refractivity contribution in [3.05, 3.63) is 0 Å². The monoisotopic (exact) mass is 115 g/mol. The van der Waals surface area contributed by atoms with E-state index in [4.69, 9.17) is 0 Å². The van der Waals surface area contributed by atoms with Gasteiger partial charge in [-0.15, -0.1) is 0 Å². The Morgan fingerprint density at radius 1 is 1.29 bits per heavy atom. The van der Waals surface area contributed by atoms with Crippen LogP contribution in [0.1, 0.15) is 19.3 Å². The molecule has 7 heavy (non-hydrogen) atoms. The molecule has 1 saturated carbocycles. The van der Waals surface area contributed by atoms with E-state index in [1.54, 1.807) is 0 Å². The molecule has 2 atom stereocenters. The molecule has 3 aliphatic rings. The average molecular weight is 115 g/mol. The van der Waals surface area contributed by atoms with Crippen molar-refractivity contribution < 1.29 is 4.57 Å². The van der Waals surface area contributed by atoms with Crippen molar-refractivity contribution in [2.45, 2.75) is 30.6 Å². The molecule has 2 bridgehead atoms. The maximum Gasteiger partial charge on any atom is 0.345 e. The van der Waals surface area contributed by atoms with Crippen LogP contribution in [0, 0.1) is 0 Å². The molecule has 1 aliphatic carbocycles. The van der Waals surface area contributed by atoms with Crippen LogP contribution in [-0.4, -0.2) is 11.3 Å². The van der Waals surface area contributed by atoms with Gasteiger partial charge < -0.3 is 0 Å². The summed E-state index contributed by atoms with van der Waals surface area (Å²) in [6.45, 7) is 0. The molecule has 0 N–H and O–H groups in total. The highest BCUT2D eigenvalue weighted by Crippen LogP contribution is 2.60. The molecular weight excluding hydrogens is 107 g/mol. The van der Waals surface area contributed by atoms with Gasteiger partial charge in [-0.2, -0.15) is 0 Å². The van der Waals surface area contributed by atoms with Crippen molar-refractivity contribution >= 4 is 7.80 Å². The van der Waals surface area contributed by atoms with E-state index < -0.39 is 7.80 Å². The van der Waals surface area contributed by atoms with E-state index in [0.29, 0.717) is 11.3 Å². The molecule has 0 spiro atoms. The topological polar surface area (TPSA) is 17.1 Å². The fourth-order valence-corrected chi connectivity index (χ4v) is 3.49. The number of fused-ring (bicyclic) bond motifs is 1. The average Bonchev–Trinajstić information content (AvgIpc) is 2.18. The molecule has 3 rings (SSSR count). The predicted octanol–water partition coefficient (Wildman–Crippen LogP) is 1.75. The summed E-state index contributed by atoms with van der Waals surface area (Å²) in [6, 6.07) is 0. The molecule has 0 radical (unpaired) electrons. The number of hydrogen-bond acceptors (Lipinski definition) is 1. The van der Waals surface area contributed by atoms with Gasteiger partial charge in [0.15, 0.2) is 11.3 Å². The third-order valence-electron chi connectivity index (χ3n) is 2.10. The molecule has 0 aromatic rings. The SMILES string of the molecule is O=[P+]1C2CCC1C2. The van der Waals surface area contributed by atoms with Crippen LogP contribution < -0.4 is 0 Å². The molecule has 2 saturated heterocycles. The lowest BCUT2D eigenvalue weighted by atomic mass is 10.3. The van der Waals surface area contributed by atoms with Gasteiger partial charge in [0, 0.05) is 6.42 Å². The first-order valence-corrected chi connectivity index (χ1v) is 4.23. The van der Waals surface area contributed by atoms with Gasteiger partial charge in [-0.25, -0.2) is 0 Å². The van der Waals surface area contributed by atoms with Crippen molar-refractivity contribution in [2.75, 3.05) is 0 Å². The number of rotatable bonds is 0. The molecule has 0 aromatic carbocycles. The van der Waals surface area contributed by atoms with Crippen LogP contribution in [0.25, 0.3) is 0 Å². The third-order valence-corrected chi connectivity index (χ3v) is 4.47. The Morgan fingerprint density at radius 3 is 2.00 bits per heavy atom. The second kappa shape index (κ2) is 1.08. The third kappa shape index (κ3) is 0.351. The largest absolute Gasteiger partial charge is 0.345 e. The summed E-state index contributed by atoms with van der Waals surface area (Å²) >= 11 is 0. The standard InChI is InChI=1S/C5H8OP/c6-7-4-1-2-5(7)3-4/h4-5H,1-3H2/q+1. The van der Waals surface area contributed by atoms with Crippen molar-refractivity contribution in [1.82, 2.24) is 0 Å². The molecule has 2 unspecified atom stereocenters. The van der Waals surface area contributed by atoms with Gasteiger partial charge in [-0.05, 0) is 12.8 Å². The van der Waals surface area contributed by atoms with E-state index >= 15 is 0 Å². The molecule has 3 fully saturated rings. The number of hydrogen-bond donors (Lipinski definition) is 0. The van der Waals surface area contributed by atoms with Crippen molar-refractivity contribution in [1.29, 1.82) is 0 Å². The van der Waals surface area contributed by atoms with Gasteiger partial charge in [0.25, 0.3) is 0 Å². The van der Waals surface area contributed by atoms with Gasteiger partial charge in [0.2, 0.25) is 0 Å². The summed E-state index contributed by atoms with van der Waals surface area (Å²) in [5, 5.41) is 0. The second-order valence-corrected chi connectivity index (χ2v) is 4.66. The van der Waals surface area contributed by atoms with E-state index in [0.717, 1.165) is 0 Å². The minimum Gasteiger partial charge on any atom is -0.0742 e. The summed E-state index contributed by atoms with van der Waals surface area (Å²) < 4.78 is 10.8. The van der Waals surface area contributed by atoms with E-state index in [-0.39, 0.29) is 0 Å². The second-order valence-electron chi connectivity index (χ2n) is 2.48. The van der Waals surface area contributed by atoms with Crippen LogP contribution in [0.15, 0.2) is 0 Å². The summed E-state index contributed by atoms with van der Waals surface area (Å²) in [6.07, 6.45) is 3.81. The van der Waals surface area contributed by atoms with Gasteiger partial charge in [-0.3, -0.25) is 0 Å². The fraction of sp³-hybridized carbons (Fsp3) is 1.00.